The van der Waals surface area contributed by atoms with Crippen molar-refractivity contribution in [3.05, 3.63) is 41.9 Å². The number of nitrogens with one attached hydrogen (secondary N) is 2. The molecule has 1 saturated heterocycles. The van der Waals surface area contributed by atoms with Gasteiger partial charge in [-0.15, -0.1) is 0 Å². The number of nitrogens with zero attached hydrogens (tertiary/aromatic N) is 4. The molecular weight excluding hydrogens is 404 g/mol. The molecule has 2 N–H and O–H groups in total. The van der Waals surface area contributed by atoms with E-state index in [-0.39, 0.29) is 11.8 Å². The van der Waals surface area contributed by atoms with Gasteiger partial charge in [-0.25, -0.2) is 9.97 Å². The fourth-order valence-corrected chi connectivity index (χ4v) is 5.01. The first-order valence-electron chi connectivity index (χ1n) is 11.3. The topological polar surface area (TPSA) is 86.4 Å². The number of aromatic nitrogens is 3. The Balaban J connectivity index is 1.55. The summed E-state index contributed by atoms with van der Waals surface area (Å²) in [6, 6.07) is 6.14. The van der Waals surface area contributed by atoms with E-state index in [1.54, 1.807) is 13.4 Å². The summed E-state index contributed by atoms with van der Waals surface area (Å²) in [6.45, 7) is 3.28. The van der Waals surface area contributed by atoms with Crippen LogP contribution in [0.4, 0.5) is 11.5 Å². The third kappa shape index (κ3) is 4.02. The number of carbonyl (C=O) groups excluding carboxylic acids is 1. The largest absolute Gasteiger partial charge is 0.496 e. The van der Waals surface area contributed by atoms with Crippen LogP contribution >= 0.6 is 0 Å². The third-order valence-electron chi connectivity index (χ3n) is 6.66. The van der Waals surface area contributed by atoms with E-state index in [4.69, 9.17) is 4.74 Å². The number of carbonyl (C=O) groups is 1. The zero-order chi connectivity index (χ0) is 22.1. The van der Waals surface area contributed by atoms with Gasteiger partial charge >= 0.3 is 0 Å². The molecule has 4 heterocycles. The van der Waals surface area contributed by atoms with Crippen molar-refractivity contribution in [1.29, 1.82) is 0 Å². The number of rotatable bonds is 1. The molecule has 2 aliphatic heterocycles. The predicted molar refractivity (Wildman–Crippen MR) is 124 cm³/mol. The lowest BCUT2D eigenvalue weighted by Gasteiger charge is -2.34. The van der Waals surface area contributed by atoms with Crippen molar-refractivity contribution < 1.29 is 9.53 Å². The Hall–Kier alpha value is -3.13. The summed E-state index contributed by atoms with van der Waals surface area (Å²) in [7, 11) is 3.64. The molecule has 8 heteroatoms. The number of piperidine rings is 1. The zero-order valence-electron chi connectivity index (χ0n) is 18.7. The van der Waals surface area contributed by atoms with E-state index < -0.39 is 0 Å². The van der Waals surface area contributed by atoms with Gasteiger partial charge in [0, 0.05) is 44.1 Å². The molecule has 2 aromatic heterocycles. The highest BCUT2D eigenvalue weighted by Crippen LogP contribution is 2.31. The number of methoxy groups -OCH3 is 1. The number of H-pyrrole nitrogens is 1. The van der Waals surface area contributed by atoms with Crippen molar-refractivity contribution in [3.63, 3.8) is 0 Å². The summed E-state index contributed by atoms with van der Waals surface area (Å²) < 4.78 is 5.65. The molecular formula is C24H30N6O2. The number of hydrogen-bond donors (Lipinski definition) is 2. The van der Waals surface area contributed by atoms with Crippen molar-refractivity contribution >= 4 is 28.4 Å². The maximum Gasteiger partial charge on any atom is 0.226 e. The second-order valence-electron chi connectivity index (χ2n) is 8.85. The summed E-state index contributed by atoms with van der Waals surface area (Å²) in [5.74, 6) is 1.96. The number of anilines is 2. The van der Waals surface area contributed by atoms with Crippen molar-refractivity contribution in [3.8, 4) is 5.75 Å². The van der Waals surface area contributed by atoms with E-state index >= 15 is 0 Å². The Bertz CT molecular complexity index is 1130. The van der Waals surface area contributed by atoms with E-state index in [1.165, 1.54) is 0 Å². The lowest BCUT2D eigenvalue weighted by Crippen LogP contribution is -2.43. The van der Waals surface area contributed by atoms with Gasteiger partial charge < -0.3 is 19.9 Å². The molecule has 0 saturated carbocycles. The number of ether oxygens (including phenoxy) is 1. The van der Waals surface area contributed by atoms with Gasteiger partial charge in [-0.1, -0.05) is 0 Å². The second-order valence-corrected chi connectivity index (χ2v) is 8.85. The molecule has 0 radical (unpaired) electrons. The minimum Gasteiger partial charge on any atom is -0.496 e. The van der Waals surface area contributed by atoms with Gasteiger partial charge in [0.2, 0.25) is 5.91 Å². The summed E-state index contributed by atoms with van der Waals surface area (Å²) in [4.78, 5) is 29.6. The molecule has 1 aromatic carbocycles. The molecule has 2 atom stereocenters. The highest BCUT2D eigenvalue weighted by atomic mass is 16.5. The molecule has 1 fully saturated rings. The Morgan fingerprint density at radius 3 is 2.94 bits per heavy atom. The predicted octanol–water partition coefficient (Wildman–Crippen LogP) is 3.33. The molecule has 8 nitrogen and oxygen atoms in total. The highest BCUT2D eigenvalue weighted by molar-refractivity contribution is 5.92. The van der Waals surface area contributed by atoms with Crippen LogP contribution in [0.25, 0.3) is 11.0 Å². The van der Waals surface area contributed by atoms with Crippen molar-refractivity contribution in [2.24, 2.45) is 5.92 Å². The van der Waals surface area contributed by atoms with E-state index in [9.17, 15) is 4.79 Å². The molecule has 168 valence electrons. The molecule has 0 aliphatic carbocycles. The van der Waals surface area contributed by atoms with Crippen LogP contribution in [0.3, 0.4) is 0 Å². The first kappa shape index (κ1) is 20.8. The maximum atomic E-state index is 13.1. The van der Waals surface area contributed by atoms with Gasteiger partial charge in [0.15, 0.2) is 0 Å². The van der Waals surface area contributed by atoms with Crippen LogP contribution in [0.5, 0.6) is 5.75 Å². The Morgan fingerprint density at radius 1 is 1.16 bits per heavy atom. The number of benzene rings is 1. The molecule has 32 heavy (non-hydrogen) atoms. The van der Waals surface area contributed by atoms with Crippen LogP contribution in [-0.4, -0.2) is 64.5 Å². The average Bonchev–Trinajstić information content (AvgIpc) is 3.22. The van der Waals surface area contributed by atoms with Crippen molar-refractivity contribution in [2.75, 3.05) is 39.1 Å². The molecule has 1 amide bonds. The van der Waals surface area contributed by atoms with Gasteiger partial charge in [0.05, 0.1) is 18.4 Å². The summed E-state index contributed by atoms with van der Waals surface area (Å²) in [5.41, 5.74) is 4.04. The standard InChI is InChI=1S/C24H30N6O2/c1-29-9-3-5-16-12-25-22-21(16)23(27-15-26-22)28-19-7-8-20(32-2)18(11-19)14-30-10-4-6-17(13-30)24(29)31/h7-8,11-12,15,17H,3-6,9-10,13-14H2,1-2H3,(H2,25,26,27,28). The van der Waals surface area contributed by atoms with E-state index in [0.29, 0.717) is 0 Å². The average molecular weight is 435 g/mol. The quantitative estimate of drug-likeness (QED) is 0.611. The summed E-state index contributed by atoms with van der Waals surface area (Å²) >= 11 is 0. The SMILES string of the molecule is COc1ccc2cc1CN1CCCC(C1)C(=O)N(C)CCCc1c[nH]c3ncnc(c13)N2. The number of aromatic amines is 1. The van der Waals surface area contributed by atoms with Crippen LogP contribution < -0.4 is 10.1 Å². The van der Waals surface area contributed by atoms with Crippen LogP contribution in [0.1, 0.15) is 30.4 Å². The monoisotopic (exact) mass is 434 g/mol. The first-order chi connectivity index (χ1) is 15.6. The van der Waals surface area contributed by atoms with Gasteiger partial charge in [0.1, 0.15) is 23.5 Å². The first-order valence-corrected chi connectivity index (χ1v) is 11.3. The fourth-order valence-electron chi connectivity index (χ4n) is 5.01. The van der Waals surface area contributed by atoms with Crippen molar-refractivity contribution in [1.82, 2.24) is 24.8 Å². The Kier molecular flexibility index (Phi) is 5.70. The molecule has 2 unspecified atom stereocenters. The Labute approximate surface area is 188 Å². The van der Waals surface area contributed by atoms with E-state index in [2.05, 4.69) is 31.2 Å². The van der Waals surface area contributed by atoms with E-state index in [1.807, 2.05) is 30.3 Å². The van der Waals surface area contributed by atoms with E-state index in [0.717, 1.165) is 91.3 Å². The summed E-state index contributed by atoms with van der Waals surface area (Å²) in [6.07, 6.45) is 7.33. The van der Waals surface area contributed by atoms with Gasteiger partial charge in [0.25, 0.3) is 0 Å². The molecule has 2 aliphatic rings. The normalized spacial score (nSPS) is 21.9. The molecule has 3 aromatic rings. The Morgan fingerprint density at radius 2 is 2.06 bits per heavy atom. The lowest BCUT2D eigenvalue weighted by molar-refractivity contribution is -0.136. The maximum absolute atomic E-state index is 13.1. The lowest BCUT2D eigenvalue weighted by atomic mass is 9.95. The van der Waals surface area contributed by atoms with Crippen LogP contribution in [0, 0.1) is 5.92 Å². The summed E-state index contributed by atoms with van der Waals surface area (Å²) in [5, 5.41) is 4.51. The number of aryl methyl sites for hydroxylation is 1. The minimum atomic E-state index is 0.0575. The minimum absolute atomic E-state index is 0.0575. The highest BCUT2D eigenvalue weighted by Gasteiger charge is 2.28. The van der Waals surface area contributed by atoms with Crippen LogP contribution in [-0.2, 0) is 17.8 Å². The van der Waals surface area contributed by atoms with Gasteiger partial charge in [-0.3, -0.25) is 9.69 Å². The number of amides is 1. The van der Waals surface area contributed by atoms with Gasteiger partial charge in [-0.2, -0.15) is 0 Å². The third-order valence-corrected chi connectivity index (χ3v) is 6.66. The molecule has 4 bridgehead atoms. The molecule has 0 spiro atoms. The van der Waals surface area contributed by atoms with Gasteiger partial charge in [-0.05, 0) is 56.0 Å². The van der Waals surface area contributed by atoms with Crippen LogP contribution in [0.2, 0.25) is 0 Å². The number of hydrogen-bond acceptors (Lipinski definition) is 6. The second kappa shape index (κ2) is 8.78. The zero-order valence-corrected chi connectivity index (χ0v) is 18.7. The number of fused-ring (bicyclic) bond motifs is 4. The molecule has 5 rings (SSSR count). The van der Waals surface area contributed by atoms with Crippen molar-refractivity contribution in [2.45, 2.75) is 32.2 Å². The fraction of sp³-hybridized carbons (Fsp3) is 0.458. The smallest absolute Gasteiger partial charge is 0.226 e. The van der Waals surface area contributed by atoms with Crippen LogP contribution in [0.15, 0.2) is 30.7 Å².